The molecule has 84 valence electrons. The predicted octanol–water partition coefficient (Wildman–Crippen LogP) is 3.54. The van der Waals surface area contributed by atoms with Gasteiger partial charge in [0, 0.05) is 5.56 Å². The van der Waals surface area contributed by atoms with E-state index in [9.17, 15) is 8.78 Å². The van der Waals surface area contributed by atoms with E-state index >= 15 is 0 Å². The first kappa shape index (κ1) is 11.9. The zero-order valence-electron chi connectivity index (χ0n) is 9.13. The molecule has 0 fully saturated rings. The third-order valence-corrected chi connectivity index (χ3v) is 2.04. The summed E-state index contributed by atoms with van der Waals surface area (Å²) in [6.45, 7) is 6.18. The number of pyridine rings is 1. The van der Waals surface area contributed by atoms with E-state index in [1.54, 1.807) is 13.0 Å². The second kappa shape index (κ2) is 5.05. The van der Waals surface area contributed by atoms with Gasteiger partial charge in [0.1, 0.15) is 5.69 Å². The minimum Gasteiger partial charge on any atom is -0.478 e. The van der Waals surface area contributed by atoms with E-state index in [1.807, 2.05) is 13.8 Å². The maximum Gasteiger partial charge on any atom is 0.280 e. The Morgan fingerprint density at radius 1 is 1.33 bits per heavy atom. The van der Waals surface area contributed by atoms with Crippen molar-refractivity contribution in [1.82, 2.24) is 4.98 Å². The van der Waals surface area contributed by atoms with E-state index < -0.39 is 6.43 Å². The summed E-state index contributed by atoms with van der Waals surface area (Å²) in [7, 11) is 0. The largest absolute Gasteiger partial charge is 0.478 e. The Bertz CT molecular complexity index is 326. The number of nitrogens with zero attached hydrogens (tertiary/aromatic N) is 1. The Labute approximate surface area is 88.3 Å². The molecule has 2 nitrogen and oxygen atoms in total. The molecule has 0 aliphatic rings. The summed E-state index contributed by atoms with van der Waals surface area (Å²) in [5, 5.41) is 0. The van der Waals surface area contributed by atoms with Crippen LogP contribution in [0.15, 0.2) is 12.1 Å². The van der Waals surface area contributed by atoms with Crippen LogP contribution >= 0.6 is 0 Å². The summed E-state index contributed by atoms with van der Waals surface area (Å²) in [5.41, 5.74) is 0.629. The molecule has 4 heteroatoms. The maximum absolute atomic E-state index is 12.4. The normalized spacial score (nSPS) is 11.1. The lowest BCUT2D eigenvalue weighted by Gasteiger charge is -2.12. The molecule has 1 heterocycles. The van der Waals surface area contributed by atoms with Crippen molar-refractivity contribution in [2.24, 2.45) is 0 Å². The molecule has 0 radical (unpaired) electrons. The van der Waals surface area contributed by atoms with E-state index in [4.69, 9.17) is 4.74 Å². The highest BCUT2D eigenvalue weighted by atomic mass is 19.3. The fourth-order valence-corrected chi connectivity index (χ4v) is 1.28. The Hall–Kier alpha value is -1.19. The second-order valence-corrected chi connectivity index (χ2v) is 3.52. The van der Waals surface area contributed by atoms with Crippen LogP contribution in [0, 0.1) is 0 Å². The zero-order valence-corrected chi connectivity index (χ0v) is 9.13. The van der Waals surface area contributed by atoms with Gasteiger partial charge in [0.25, 0.3) is 6.43 Å². The van der Waals surface area contributed by atoms with Crippen LogP contribution in [0.4, 0.5) is 8.78 Å². The molecule has 0 aliphatic carbocycles. The Balaban J connectivity index is 3.08. The van der Waals surface area contributed by atoms with Crippen LogP contribution in [0.2, 0.25) is 0 Å². The van der Waals surface area contributed by atoms with Gasteiger partial charge in [0.15, 0.2) is 0 Å². The molecular formula is C11H15F2NO. The van der Waals surface area contributed by atoms with Gasteiger partial charge in [-0.2, -0.15) is 0 Å². The highest BCUT2D eigenvalue weighted by molar-refractivity contribution is 5.31. The topological polar surface area (TPSA) is 22.1 Å². The Kier molecular flexibility index (Phi) is 4.00. The fourth-order valence-electron chi connectivity index (χ4n) is 1.28. The van der Waals surface area contributed by atoms with Crippen molar-refractivity contribution < 1.29 is 13.5 Å². The van der Waals surface area contributed by atoms with Crippen LogP contribution in [0.25, 0.3) is 0 Å². The Morgan fingerprint density at radius 3 is 2.47 bits per heavy atom. The number of hydrogen-bond donors (Lipinski definition) is 0. The number of rotatable bonds is 4. The molecule has 15 heavy (non-hydrogen) atoms. The van der Waals surface area contributed by atoms with Gasteiger partial charge in [0.05, 0.1) is 6.61 Å². The van der Waals surface area contributed by atoms with Gasteiger partial charge in [0.2, 0.25) is 5.88 Å². The fraction of sp³-hybridized carbons (Fsp3) is 0.545. The van der Waals surface area contributed by atoms with Crippen LogP contribution < -0.4 is 4.74 Å². The number of ether oxygens (including phenoxy) is 1. The van der Waals surface area contributed by atoms with Crippen LogP contribution in [0.1, 0.15) is 44.4 Å². The first-order chi connectivity index (χ1) is 7.06. The van der Waals surface area contributed by atoms with Crippen molar-refractivity contribution in [3.63, 3.8) is 0 Å². The average Bonchev–Trinajstić information content (AvgIpc) is 2.17. The molecule has 0 N–H and O–H groups in total. The molecule has 0 atom stereocenters. The van der Waals surface area contributed by atoms with Crippen molar-refractivity contribution in [2.75, 3.05) is 6.61 Å². The third-order valence-electron chi connectivity index (χ3n) is 2.04. The second-order valence-electron chi connectivity index (χ2n) is 3.52. The summed E-state index contributed by atoms with van der Waals surface area (Å²) < 4.78 is 30.0. The number of halogens is 2. The van der Waals surface area contributed by atoms with Gasteiger partial charge in [-0.1, -0.05) is 19.9 Å². The van der Waals surface area contributed by atoms with Crippen LogP contribution in [-0.2, 0) is 0 Å². The minimum absolute atomic E-state index is 0.214. The van der Waals surface area contributed by atoms with E-state index in [0.717, 1.165) is 5.56 Å². The lowest BCUT2D eigenvalue weighted by atomic mass is 10.0. The summed E-state index contributed by atoms with van der Waals surface area (Å²) >= 11 is 0. The molecule has 1 aromatic heterocycles. The van der Waals surface area contributed by atoms with Crippen LogP contribution in [0.3, 0.4) is 0 Å². The molecule has 0 amide bonds. The van der Waals surface area contributed by atoms with Crippen molar-refractivity contribution in [3.05, 3.63) is 23.4 Å². The molecule has 0 spiro atoms. The lowest BCUT2D eigenvalue weighted by molar-refractivity contribution is 0.144. The number of hydrogen-bond acceptors (Lipinski definition) is 2. The Morgan fingerprint density at radius 2 is 2.00 bits per heavy atom. The van der Waals surface area contributed by atoms with Crippen molar-refractivity contribution >= 4 is 0 Å². The van der Waals surface area contributed by atoms with E-state index in [2.05, 4.69) is 4.98 Å². The van der Waals surface area contributed by atoms with Gasteiger partial charge >= 0.3 is 0 Å². The minimum atomic E-state index is -2.55. The number of aromatic nitrogens is 1. The number of alkyl halides is 2. The third kappa shape index (κ3) is 2.88. The van der Waals surface area contributed by atoms with Crippen LogP contribution in [0.5, 0.6) is 5.88 Å². The van der Waals surface area contributed by atoms with E-state index in [-0.39, 0.29) is 11.6 Å². The van der Waals surface area contributed by atoms with Gasteiger partial charge in [-0.3, -0.25) is 0 Å². The van der Waals surface area contributed by atoms with Crippen molar-refractivity contribution in [2.45, 2.75) is 33.1 Å². The molecule has 0 saturated heterocycles. The molecule has 0 aromatic carbocycles. The van der Waals surface area contributed by atoms with Crippen LogP contribution in [-0.4, -0.2) is 11.6 Å². The molecule has 1 rings (SSSR count). The van der Waals surface area contributed by atoms with Crippen molar-refractivity contribution in [1.29, 1.82) is 0 Å². The van der Waals surface area contributed by atoms with E-state index in [0.29, 0.717) is 12.5 Å². The summed E-state index contributed by atoms with van der Waals surface area (Å²) in [6.07, 6.45) is -2.55. The zero-order chi connectivity index (χ0) is 11.4. The first-order valence-corrected chi connectivity index (χ1v) is 4.98. The van der Waals surface area contributed by atoms with Gasteiger partial charge in [-0.05, 0) is 18.9 Å². The van der Waals surface area contributed by atoms with Gasteiger partial charge in [-0.15, -0.1) is 0 Å². The first-order valence-electron chi connectivity index (χ1n) is 4.98. The summed E-state index contributed by atoms with van der Waals surface area (Å²) in [5.74, 6) is 0.538. The summed E-state index contributed by atoms with van der Waals surface area (Å²) in [4.78, 5) is 3.81. The molecule has 0 unspecified atom stereocenters. The van der Waals surface area contributed by atoms with Crippen molar-refractivity contribution in [3.8, 4) is 5.88 Å². The standard InChI is InChI=1S/C11H15F2NO/c1-4-15-11-8(7(2)3)5-6-9(14-11)10(12)13/h5-7,10H,4H2,1-3H3. The monoisotopic (exact) mass is 215 g/mol. The van der Waals surface area contributed by atoms with Gasteiger partial charge in [-0.25, -0.2) is 13.8 Å². The quantitative estimate of drug-likeness (QED) is 0.766. The van der Waals surface area contributed by atoms with E-state index in [1.165, 1.54) is 6.07 Å². The smallest absolute Gasteiger partial charge is 0.280 e. The molecule has 0 aliphatic heterocycles. The molecule has 0 saturated carbocycles. The summed E-state index contributed by atoms with van der Waals surface area (Å²) in [6, 6.07) is 3.01. The molecule has 1 aromatic rings. The predicted molar refractivity (Wildman–Crippen MR) is 54.5 cm³/mol. The SMILES string of the molecule is CCOc1nc(C(F)F)ccc1C(C)C. The highest BCUT2D eigenvalue weighted by Crippen LogP contribution is 2.27. The average molecular weight is 215 g/mol. The lowest BCUT2D eigenvalue weighted by Crippen LogP contribution is -2.03. The maximum atomic E-state index is 12.4. The molecule has 0 bridgehead atoms. The molecular weight excluding hydrogens is 200 g/mol. The highest BCUT2D eigenvalue weighted by Gasteiger charge is 2.14. The van der Waals surface area contributed by atoms with Gasteiger partial charge < -0.3 is 4.74 Å².